The van der Waals surface area contributed by atoms with Crippen LogP contribution in [-0.4, -0.2) is 17.4 Å². The van der Waals surface area contributed by atoms with Crippen LogP contribution in [0.2, 0.25) is 10.0 Å². The smallest absolute Gasteiger partial charge is 0.234 e. The number of thioether (sulfide) groups is 1. The number of dihydropyridines is 1. The maximum Gasteiger partial charge on any atom is 0.234 e. The zero-order chi connectivity index (χ0) is 23.5. The average Bonchev–Trinajstić information content (AvgIpc) is 2.80. The summed E-state index contributed by atoms with van der Waals surface area (Å²) in [7, 11) is 0. The van der Waals surface area contributed by atoms with Gasteiger partial charge in [0.25, 0.3) is 0 Å². The summed E-state index contributed by atoms with van der Waals surface area (Å²) in [6, 6.07) is 14.8. The molecule has 0 fully saturated rings. The summed E-state index contributed by atoms with van der Waals surface area (Å²) in [6.45, 7) is 1.89. The molecule has 0 bridgehead atoms. The number of hydrogen-bond acceptors (Lipinski definition) is 5. The third-order valence-corrected chi connectivity index (χ3v) is 7.19. The summed E-state index contributed by atoms with van der Waals surface area (Å²) in [5, 5.41) is 17.9. The molecule has 2 aromatic rings. The number of amides is 1. The zero-order valence-corrected chi connectivity index (χ0v) is 20.2. The Bertz CT molecular complexity index is 1230. The lowest BCUT2D eigenvalue weighted by Gasteiger charge is -2.33. The van der Waals surface area contributed by atoms with Crippen molar-refractivity contribution in [2.75, 3.05) is 11.1 Å². The number of carbonyl (C=O) groups is 2. The number of nitrogens with zero attached hydrogens (tertiary/aromatic N) is 1. The number of anilines is 1. The van der Waals surface area contributed by atoms with E-state index in [1.807, 2.05) is 25.1 Å². The van der Waals surface area contributed by atoms with Crippen molar-refractivity contribution >= 4 is 52.3 Å². The van der Waals surface area contributed by atoms with Gasteiger partial charge in [-0.15, -0.1) is 0 Å². The van der Waals surface area contributed by atoms with E-state index in [1.165, 1.54) is 11.8 Å². The van der Waals surface area contributed by atoms with Crippen LogP contribution >= 0.6 is 35.0 Å². The van der Waals surface area contributed by atoms with Crippen molar-refractivity contribution < 1.29 is 9.59 Å². The van der Waals surface area contributed by atoms with E-state index in [-0.39, 0.29) is 17.4 Å². The Kier molecular flexibility index (Phi) is 7.14. The third-order valence-electron chi connectivity index (χ3n) is 5.69. The molecule has 4 rings (SSSR count). The van der Waals surface area contributed by atoms with E-state index in [9.17, 15) is 14.9 Å². The minimum Gasteiger partial charge on any atom is -0.352 e. The van der Waals surface area contributed by atoms with Crippen molar-refractivity contribution in [2.24, 2.45) is 0 Å². The molecule has 0 aromatic heterocycles. The molecule has 8 heteroatoms. The van der Waals surface area contributed by atoms with Gasteiger partial charge in [0.2, 0.25) is 5.91 Å². The fourth-order valence-electron chi connectivity index (χ4n) is 4.08. The van der Waals surface area contributed by atoms with Crippen molar-refractivity contribution in [3.05, 3.63) is 85.5 Å². The maximum atomic E-state index is 12.8. The molecular formula is C25H21Cl2N3O2S. The van der Waals surface area contributed by atoms with Crippen molar-refractivity contribution in [3.63, 3.8) is 0 Å². The molecule has 168 valence electrons. The highest BCUT2D eigenvalue weighted by atomic mass is 35.5. The molecular weight excluding hydrogens is 477 g/mol. The number of benzene rings is 2. The molecule has 0 radical (unpaired) electrons. The first-order valence-electron chi connectivity index (χ1n) is 10.5. The Labute approximate surface area is 206 Å². The Balaban J connectivity index is 1.61. The van der Waals surface area contributed by atoms with Crippen LogP contribution in [0.5, 0.6) is 0 Å². The largest absolute Gasteiger partial charge is 0.352 e. The van der Waals surface area contributed by atoms with Crippen LogP contribution in [0.4, 0.5) is 5.69 Å². The molecule has 2 aromatic carbocycles. The number of aryl methyl sites for hydroxylation is 1. The summed E-state index contributed by atoms with van der Waals surface area (Å²) in [5.41, 5.74) is 4.30. The highest BCUT2D eigenvalue weighted by molar-refractivity contribution is 8.03. The van der Waals surface area contributed by atoms with Gasteiger partial charge in [-0.25, -0.2) is 0 Å². The van der Waals surface area contributed by atoms with Crippen LogP contribution in [-0.2, 0) is 9.59 Å². The predicted octanol–water partition coefficient (Wildman–Crippen LogP) is 6.10. The van der Waals surface area contributed by atoms with Crippen LogP contribution in [0.25, 0.3) is 0 Å². The first-order valence-corrected chi connectivity index (χ1v) is 12.2. The van der Waals surface area contributed by atoms with Gasteiger partial charge in [0, 0.05) is 33.4 Å². The Morgan fingerprint density at radius 3 is 2.64 bits per heavy atom. The number of ketones is 1. The van der Waals surface area contributed by atoms with Gasteiger partial charge in [-0.3, -0.25) is 9.59 Å². The van der Waals surface area contributed by atoms with Crippen molar-refractivity contribution in [3.8, 4) is 6.07 Å². The highest BCUT2D eigenvalue weighted by Crippen LogP contribution is 2.44. The fourth-order valence-corrected chi connectivity index (χ4v) is 5.24. The van der Waals surface area contributed by atoms with Crippen LogP contribution in [0.1, 0.15) is 36.3 Å². The van der Waals surface area contributed by atoms with Gasteiger partial charge in [0.15, 0.2) is 5.78 Å². The lowest BCUT2D eigenvalue weighted by atomic mass is 9.77. The topological polar surface area (TPSA) is 82.0 Å². The first kappa shape index (κ1) is 23.4. The molecule has 1 heterocycles. The molecule has 5 nitrogen and oxygen atoms in total. The molecule has 0 saturated carbocycles. The highest BCUT2D eigenvalue weighted by Gasteiger charge is 2.37. The number of nitriles is 1. The molecule has 1 aliphatic heterocycles. The van der Waals surface area contributed by atoms with Gasteiger partial charge in [-0.05, 0) is 55.2 Å². The minimum absolute atomic E-state index is 0.0506. The average molecular weight is 498 g/mol. The molecule has 0 spiro atoms. The van der Waals surface area contributed by atoms with E-state index in [0.29, 0.717) is 38.3 Å². The molecule has 2 N–H and O–H groups in total. The van der Waals surface area contributed by atoms with Crippen molar-refractivity contribution in [1.82, 2.24) is 5.32 Å². The van der Waals surface area contributed by atoms with Crippen molar-refractivity contribution in [1.29, 1.82) is 5.26 Å². The van der Waals surface area contributed by atoms with E-state index >= 15 is 0 Å². The van der Waals surface area contributed by atoms with Gasteiger partial charge >= 0.3 is 0 Å². The summed E-state index contributed by atoms with van der Waals surface area (Å²) in [6.07, 6.45) is 1.95. The van der Waals surface area contributed by atoms with E-state index in [4.69, 9.17) is 23.2 Å². The van der Waals surface area contributed by atoms with E-state index in [0.717, 1.165) is 29.7 Å². The SMILES string of the molecule is Cc1ccc(Cl)cc1NC(=O)CSC1=C(C#N)C(c2ccc(Cl)cc2)C2=C(CCCC2=O)N1. The summed E-state index contributed by atoms with van der Waals surface area (Å²) < 4.78 is 0. The standard InChI is InChI=1S/C25H21Cl2N3O2S/c1-14-5-8-17(27)11-20(14)29-22(32)13-33-25-18(12-28)23(15-6-9-16(26)10-7-15)24-19(30-25)3-2-4-21(24)31/h5-11,23,30H,2-4,13H2,1H3,(H,29,32). The van der Waals surface area contributed by atoms with Crippen LogP contribution in [0, 0.1) is 18.3 Å². The Morgan fingerprint density at radius 2 is 1.91 bits per heavy atom. The van der Waals surface area contributed by atoms with Crippen LogP contribution in [0.15, 0.2) is 64.3 Å². The minimum atomic E-state index is -0.475. The second-order valence-corrected chi connectivity index (χ2v) is 9.79. The molecule has 0 saturated heterocycles. The van der Waals surface area contributed by atoms with Crippen molar-refractivity contribution in [2.45, 2.75) is 32.1 Å². The third kappa shape index (κ3) is 5.11. The normalized spacial score (nSPS) is 17.9. The molecule has 1 unspecified atom stereocenters. The van der Waals surface area contributed by atoms with E-state index < -0.39 is 5.92 Å². The van der Waals surface area contributed by atoms with Gasteiger partial charge in [-0.1, -0.05) is 53.2 Å². The zero-order valence-electron chi connectivity index (χ0n) is 17.9. The maximum absolute atomic E-state index is 12.8. The van der Waals surface area contributed by atoms with Gasteiger partial charge in [-0.2, -0.15) is 5.26 Å². The summed E-state index contributed by atoms with van der Waals surface area (Å²) >= 11 is 13.4. The fraction of sp³-hybridized carbons (Fsp3) is 0.240. The predicted molar refractivity (Wildman–Crippen MR) is 133 cm³/mol. The van der Waals surface area contributed by atoms with Gasteiger partial charge in [0.1, 0.15) is 0 Å². The summed E-state index contributed by atoms with van der Waals surface area (Å²) in [4.78, 5) is 25.5. The molecule has 33 heavy (non-hydrogen) atoms. The number of rotatable bonds is 5. The lowest BCUT2D eigenvalue weighted by molar-refractivity contribution is -0.116. The van der Waals surface area contributed by atoms with Crippen LogP contribution < -0.4 is 10.6 Å². The monoisotopic (exact) mass is 497 g/mol. The number of allylic oxidation sites excluding steroid dienone is 3. The Morgan fingerprint density at radius 1 is 1.18 bits per heavy atom. The first-order chi connectivity index (χ1) is 15.9. The van der Waals surface area contributed by atoms with Crippen LogP contribution in [0.3, 0.4) is 0 Å². The van der Waals surface area contributed by atoms with E-state index in [1.54, 1.807) is 24.3 Å². The number of nitrogens with one attached hydrogen (secondary N) is 2. The second-order valence-electron chi connectivity index (χ2n) is 7.93. The number of halogens is 2. The number of Topliss-reactive ketones (excluding diaryl/α,β-unsaturated/α-hetero) is 1. The second kappa shape index (κ2) is 10.0. The number of carbonyl (C=O) groups excluding carboxylic acids is 2. The number of hydrogen-bond donors (Lipinski definition) is 2. The summed E-state index contributed by atoms with van der Waals surface area (Å²) in [5.74, 6) is -0.533. The molecule has 1 atom stereocenters. The van der Waals surface area contributed by atoms with Gasteiger partial charge < -0.3 is 10.6 Å². The molecule has 1 aliphatic carbocycles. The Hall–Kier alpha value is -2.72. The van der Waals surface area contributed by atoms with E-state index in [2.05, 4.69) is 16.7 Å². The molecule has 2 aliphatic rings. The quantitative estimate of drug-likeness (QED) is 0.521. The van der Waals surface area contributed by atoms with Gasteiger partial charge in [0.05, 0.1) is 28.3 Å². The molecule has 1 amide bonds. The lowest BCUT2D eigenvalue weighted by Crippen LogP contribution is -2.31.